The molecule has 0 aliphatic carbocycles. The van der Waals surface area contributed by atoms with E-state index in [1.165, 1.54) is 16.9 Å². The van der Waals surface area contributed by atoms with E-state index in [9.17, 15) is 4.79 Å². The molecule has 0 spiro atoms. The van der Waals surface area contributed by atoms with E-state index >= 15 is 0 Å². The molecule has 0 bridgehead atoms. The number of nitrogens with two attached hydrogens (primary N) is 1. The maximum Gasteiger partial charge on any atom is 0.266 e. The molecule has 0 saturated carbocycles. The third kappa shape index (κ3) is 2.97. The van der Waals surface area contributed by atoms with Crippen molar-refractivity contribution in [3.8, 4) is 0 Å². The number of aromatic nitrogens is 1. The number of hydrogen-bond donors (Lipinski definition) is 2. The van der Waals surface area contributed by atoms with Gasteiger partial charge in [0.15, 0.2) is 0 Å². The third-order valence-corrected chi connectivity index (χ3v) is 5.43. The van der Waals surface area contributed by atoms with E-state index < -0.39 is 0 Å². The number of rotatable bonds is 2. The highest BCUT2D eigenvalue weighted by molar-refractivity contribution is 7.26. The number of fused-ring (bicyclic) bond motifs is 5. The van der Waals surface area contributed by atoms with Crippen LogP contribution in [0.15, 0.2) is 46.2 Å². The number of nitrogens with zero attached hydrogens (tertiary/aromatic N) is 1. The number of halogens is 1. The van der Waals surface area contributed by atoms with Gasteiger partial charge in [-0.05, 0) is 50.6 Å². The molecule has 4 aromatic rings. The molecule has 0 radical (unpaired) electrons. The summed E-state index contributed by atoms with van der Waals surface area (Å²) in [6.45, 7) is 6.06. The minimum Gasteiger partial charge on any atom is -0.383 e. The van der Waals surface area contributed by atoms with Crippen molar-refractivity contribution in [1.82, 2.24) is 4.98 Å². The van der Waals surface area contributed by atoms with E-state index in [0.717, 1.165) is 36.6 Å². The Hall–Kier alpha value is -2.37. The summed E-state index contributed by atoms with van der Waals surface area (Å²) in [5.74, 6) is 0.520. The Bertz CT molecular complexity index is 1220. The van der Waals surface area contributed by atoms with Gasteiger partial charge in [0.2, 0.25) is 0 Å². The summed E-state index contributed by atoms with van der Waals surface area (Å²) in [7, 11) is 0. The van der Waals surface area contributed by atoms with E-state index in [0.29, 0.717) is 5.84 Å². The van der Waals surface area contributed by atoms with Crippen LogP contribution in [0.2, 0.25) is 0 Å². The van der Waals surface area contributed by atoms with Gasteiger partial charge in [-0.15, -0.1) is 23.7 Å². The van der Waals surface area contributed by atoms with Crippen LogP contribution in [0.4, 0.5) is 0 Å². The van der Waals surface area contributed by atoms with E-state index in [2.05, 4.69) is 35.1 Å². The van der Waals surface area contributed by atoms with Gasteiger partial charge >= 0.3 is 0 Å². The Labute approximate surface area is 161 Å². The van der Waals surface area contributed by atoms with Crippen LogP contribution in [0.5, 0.6) is 0 Å². The first-order valence-corrected chi connectivity index (χ1v) is 9.08. The first kappa shape index (κ1) is 18.4. The van der Waals surface area contributed by atoms with Crippen molar-refractivity contribution in [2.75, 3.05) is 0 Å². The second-order valence-electron chi connectivity index (χ2n) is 6.63. The first-order chi connectivity index (χ1) is 11.9. The van der Waals surface area contributed by atoms with Crippen molar-refractivity contribution < 1.29 is 0 Å². The minimum absolute atomic E-state index is 0. The van der Waals surface area contributed by atoms with Crippen molar-refractivity contribution in [1.29, 1.82) is 0 Å². The fraction of sp³-hybridized carbons (Fsp3) is 0.200. The Morgan fingerprint density at radius 2 is 1.92 bits per heavy atom. The van der Waals surface area contributed by atoms with Gasteiger partial charge in [0.25, 0.3) is 5.56 Å². The fourth-order valence-corrected chi connectivity index (χ4v) is 4.39. The van der Waals surface area contributed by atoms with Gasteiger partial charge in [-0.1, -0.05) is 12.1 Å². The average molecular weight is 386 g/mol. The van der Waals surface area contributed by atoms with Gasteiger partial charge in [0.05, 0.1) is 0 Å². The normalized spacial score (nSPS) is 12.2. The lowest BCUT2D eigenvalue weighted by molar-refractivity contribution is 0.834. The van der Waals surface area contributed by atoms with E-state index in [-0.39, 0.29) is 24.0 Å². The number of H-pyrrole nitrogens is 1. The minimum atomic E-state index is -0.0436. The van der Waals surface area contributed by atoms with Crippen LogP contribution >= 0.6 is 23.7 Å². The number of aromatic amines is 1. The van der Waals surface area contributed by atoms with Gasteiger partial charge in [0.1, 0.15) is 10.5 Å². The fourth-order valence-electron chi connectivity index (χ4n) is 3.18. The van der Waals surface area contributed by atoms with Gasteiger partial charge in [-0.2, -0.15) is 0 Å². The van der Waals surface area contributed by atoms with Crippen molar-refractivity contribution in [2.24, 2.45) is 10.7 Å². The quantitative estimate of drug-likeness (QED) is 0.386. The number of aliphatic imine (C=N–C) groups is 1. The molecule has 0 fully saturated rings. The van der Waals surface area contributed by atoms with Crippen LogP contribution in [0.25, 0.3) is 31.1 Å². The zero-order valence-electron chi connectivity index (χ0n) is 14.8. The number of nitrogens with one attached hydrogen (secondary N) is 1. The highest BCUT2D eigenvalue weighted by atomic mass is 35.5. The molecule has 2 aromatic heterocycles. The molecular weight excluding hydrogens is 366 g/mol. The molecule has 0 saturated heterocycles. The van der Waals surface area contributed by atoms with Gasteiger partial charge < -0.3 is 10.7 Å². The number of pyridine rings is 1. The molecule has 4 nitrogen and oxygen atoms in total. The van der Waals surface area contributed by atoms with Crippen LogP contribution < -0.4 is 11.3 Å². The zero-order valence-corrected chi connectivity index (χ0v) is 16.4. The molecule has 3 N–H and O–H groups in total. The van der Waals surface area contributed by atoms with Gasteiger partial charge in [0, 0.05) is 38.0 Å². The summed E-state index contributed by atoms with van der Waals surface area (Å²) in [4.78, 5) is 19.9. The second-order valence-corrected chi connectivity index (χ2v) is 7.68. The average Bonchev–Trinajstić information content (AvgIpc) is 2.93. The molecular formula is C20H20ClN3OS. The van der Waals surface area contributed by atoms with Crippen molar-refractivity contribution in [2.45, 2.75) is 26.8 Å². The predicted molar refractivity (Wildman–Crippen MR) is 115 cm³/mol. The number of amidine groups is 1. The molecule has 0 aliphatic heterocycles. The number of hydrogen-bond acceptors (Lipinski definition) is 3. The lowest BCUT2D eigenvalue weighted by Crippen LogP contribution is -2.16. The predicted octanol–water partition coefficient (Wildman–Crippen LogP) is 4.74. The molecule has 26 heavy (non-hydrogen) atoms. The zero-order chi connectivity index (χ0) is 17.7. The highest BCUT2D eigenvalue weighted by Crippen LogP contribution is 2.36. The lowest BCUT2D eigenvalue weighted by Gasteiger charge is -2.06. The Kier molecular flexibility index (Phi) is 4.78. The summed E-state index contributed by atoms with van der Waals surface area (Å²) in [5.41, 5.74) is 8.99. The van der Waals surface area contributed by atoms with Crippen molar-refractivity contribution in [3.63, 3.8) is 0 Å². The number of aryl methyl sites for hydroxylation is 1. The SMILES string of the molecule is Cc1ccc2c(c1)sc1c(=O)[nH]c3ccc(C(N)=NC(C)C)cc3c12.Cl. The maximum atomic E-state index is 12.5. The largest absolute Gasteiger partial charge is 0.383 e. The molecule has 4 rings (SSSR count). The topological polar surface area (TPSA) is 71.2 Å². The van der Waals surface area contributed by atoms with Crippen molar-refractivity contribution in [3.05, 3.63) is 57.9 Å². The maximum absolute atomic E-state index is 12.5. The van der Waals surface area contributed by atoms with Crippen molar-refractivity contribution >= 4 is 60.7 Å². The van der Waals surface area contributed by atoms with Crippen LogP contribution in [-0.2, 0) is 0 Å². The summed E-state index contributed by atoms with van der Waals surface area (Å²) < 4.78 is 1.88. The smallest absolute Gasteiger partial charge is 0.266 e. The van der Waals surface area contributed by atoms with Crippen LogP contribution in [0.3, 0.4) is 0 Å². The van der Waals surface area contributed by atoms with Gasteiger partial charge in [-0.25, -0.2) is 0 Å². The monoisotopic (exact) mass is 385 g/mol. The molecule has 0 aliphatic rings. The van der Waals surface area contributed by atoms with Gasteiger partial charge in [-0.3, -0.25) is 9.79 Å². The summed E-state index contributed by atoms with van der Waals surface area (Å²) >= 11 is 1.54. The molecule has 0 amide bonds. The van der Waals surface area contributed by atoms with E-state index in [1.54, 1.807) is 0 Å². The molecule has 2 heterocycles. The standard InChI is InChI=1S/C20H19N3OS.ClH/c1-10(2)22-19(21)12-5-7-15-14(9-12)17-13-6-4-11(3)8-16(13)25-18(17)20(24)23-15;/h4-10H,1-3H3,(H2,21,22)(H,23,24);1H. The lowest BCUT2D eigenvalue weighted by atomic mass is 10.0. The number of benzene rings is 2. The van der Waals surface area contributed by atoms with Crippen LogP contribution in [0, 0.1) is 6.92 Å². The second kappa shape index (κ2) is 6.74. The summed E-state index contributed by atoms with van der Waals surface area (Å²) in [6.07, 6.45) is 0. The summed E-state index contributed by atoms with van der Waals surface area (Å²) in [5, 5.41) is 3.11. The van der Waals surface area contributed by atoms with Crippen LogP contribution in [-0.4, -0.2) is 16.9 Å². The van der Waals surface area contributed by atoms with E-state index in [1.807, 2.05) is 32.0 Å². The first-order valence-electron chi connectivity index (χ1n) is 8.26. The number of thiophene rings is 1. The van der Waals surface area contributed by atoms with Crippen LogP contribution in [0.1, 0.15) is 25.0 Å². The molecule has 2 aromatic carbocycles. The molecule has 0 atom stereocenters. The summed E-state index contributed by atoms with van der Waals surface area (Å²) in [6, 6.07) is 12.3. The Morgan fingerprint density at radius 3 is 2.65 bits per heavy atom. The van der Waals surface area contributed by atoms with E-state index in [4.69, 9.17) is 5.73 Å². The highest BCUT2D eigenvalue weighted by Gasteiger charge is 2.13. The molecule has 6 heteroatoms. The molecule has 134 valence electrons. The Morgan fingerprint density at radius 1 is 1.15 bits per heavy atom. The Balaban J connectivity index is 0.00000196. The third-order valence-electron chi connectivity index (χ3n) is 4.28. The molecule has 0 unspecified atom stereocenters.